The maximum Gasteiger partial charge on any atom is 0.275 e. The predicted molar refractivity (Wildman–Crippen MR) is 114 cm³/mol. The molecule has 5 aliphatic rings. The molecule has 1 saturated heterocycles. The van der Waals surface area contributed by atoms with Gasteiger partial charge in [0.2, 0.25) is 0 Å². The molecule has 0 spiro atoms. The van der Waals surface area contributed by atoms with Gasteiger partial charge in [0.15, 0.2) is 6.54 Å². The van der Waals surface area contributed by atoms with Crippen molar-refractivity contribution in [2.24, 2.45) is 23.2 Å². The molecule has 29 heavy (non-hydrogen) atoms. The van der Waals surface area contributed by atoms with E-state index in [1.165, 1.54) is 43.4 Å². The number of nitrogens with zero attached hydrogens (tertiary/aromatic N) is 1. The van der Waals surface area contributed by atoms with Gasteiger partial charge in [-0.3, -0.25) is 4.79 Å². The molecule has 5 fully saturated rings. The Morgan fingerprint density at radius 2 is 1.66 bits per heavy atom. The summed E-state index contributed by atoms with van der Waals surface area (Å²) in [7, 11) is 0. The lowest BCUT2D eigenvalue weighted by molar-refractivity contribution is -0.892. The molecule has 1 aromatic rings. The van der Waals surface area contributed by atoms with Crippen molar-refractivity contribution in [3.63, 3.8) is 0 Å². The molecule has 4 aliphatic carbocycles. The van der Waals surface area contributed by atoms with Gasteiger partial charge in [-0.1, -0.05) is 0 Å². The molecular weight excluding hydrogens is 362 g/mol. The van der Waals surface area contributed by atoms with E-state index in [0.717, 1.165) is 49.6 Å². The molecule has 1 aliphatic heterocycles. The van der Waals surface area contributed by atoms with Crippen LogP contribution in [-0.2, 0) is 4.79 Å². The first kappa shape index (κ1) is 19.2. The average molecular weight is 399 g/mol. The van der Waals surface area contributed by atoms with E-state index in [0.29, 0.717) is 23.8 Å². The monoisotopic (exact) mass is 398 g/mol. The number of carbonyl (C=O) groups excluding carboxylic acids is 1. The second-order valence-electron chi connectivity index (χ2n) is 10.5. The van der Waals surface area contributed by atoms with Gasteiger partial charge in [0, 0.05) is 11.7 Å². The molecule has 5 nitrogen and oxygen atoms in total. The normalized spacial score (nSPS) is 34.9. The number of carbonyl (C=O) groups is 1. The van der Waals surface area contributed by atoms with Crippen molar-refractivity contribution < 1.29 is 14.8 Å². The van der Waals surface area contributed by atoms with Gasteiger partial charge in [-0.2, -0.15) is 0 Å². The van der Waals surface area contributed by atoms with Crippen LogP contribution in [0.3, 0.4) is 0 Å². The van der Waals surface area contributed by atoms with Crippen molar-refractivity contribution in [1.82, 2.24) is 5.32 Å². The third kappa shape index (κ3) is 3.86. The summed E-state index contributed by atoms with van der Waals surface area (Å²) in [4.78, 5) is 16.6. The van der Waals surface area contributed by atoms with Crippen molar-refractivity contribution in [3.05, 3.63) is 24.3 Å². The first-order valence-electron chi connectivity index (χ1n) is 11.7. The lowest BCUT2D eigenvalue weighted by Gasteiger charge is -2.59. The number of phenols is 1. The maximum atomic E-state index is 12.8. The van der Waals surface area contributed by atoms with Crippen molar-refractivity contribution in [3.8, 4) is 5.75 Å². The minimum atomic E-state index is 0.237. The van der Waals surface area contributed by atoms with E-state index in [1.807, 2.05) is 12.1 Å². The molecule has 6 rings (SSSR count). The molecule has 0 radical (unpaired) electrons. The van der Waals surface area contributed by atoms with E-state index in [2.05, 4.69) is 17.1 Å². The molecule has 158 valence electrons. The molecule has 1 aromatic carbocycles. The van der Waals surface area contributed by atoms with Gasteiger partial charge < -0.3 is 20.2 Å². The second-order valence-corrected chi connectivity index (χ2v) is 10.5. The van der Waals surface area contributed by atoms with Crippen molar-refractivity contribution in [2.45, 2.75) is 51.5 Å². The van der Waals surface area contributed by atoms with Crippen LogP contribution in [0.15, 0.2) is 24.3 Å². The van der Waals surface area contributed by atoms with E-state index >= 15 is 0 Å². The Hall–Kier alpha value is -1.75. The number of hydrogen-bond acceptors (Lipinski definition) is 3. The van der Waals surface area contributed by atoms with Gasteiger partial charge in [0.05, 0.1) is 26.2 Å². The highest BCUT2D eigenvalue weighted by Crippen LogP contribution is 2.61. The highest BCUT2D eigenvalue weighted by molar-refractivity contribution is 5.77. The van der Waals surface area contributed by atoms with Crippen LogP contribution >= 0.6 is 0 Å². The summed E-state index contributed by atoms with van der Waals surface area (Å²) in [6, 6.07) is 7.75. The molecular formula is C24H36N3O2+. The predicted octanol–water partition coefficient (Wildman–Crippen LogP) is 1.82. The van der Waals surface area contributed by atoms with Crippen LogP contribution in [0.25, 0.3) is 0 Å². The van der Waals surface area contributed by atoms with E-state index in [4.69, 9.17) is 0 Å². The number of phenolic OH excluding ortho intramolecular Hbond substituents is 1. The number of benzene rings is 1. The Bertz CT molecular complexity index is 704. The molecule has 0 unspecified atom stereocenters. The van der Waals surface area contributed by atoms with Gasteiger partial charge in [-0.05, 0) is 92.9 Å². The summed E-state index contributed by atoms with van der Waals surface area (Å²) in [6.45, 7) is 6.76. The fourth-order valence-electron chi connectivity index (χ4n) is 7.30. The van der Waals surface area contributed by atoms with Crippen LogP contribution < -0.4 is 15.1 Å². The molecule has 1 amide bonds. The fourth-order valence-corrected chi connectivity index (χ4v) is 7.30. The van der Waals surface area contributed by atoms with E-state index in [-0.39, 0.29) is 5.91 Å². The summed E-state index contributed by atoms with van der Waals surface area (Å²) in [5.41, 5.74) is 1.54. The summed E-state index contributed by atoms with van der Waals surface area (Å²) >= 11 is 0. The molecule has 4 saturated carbocycles. The van der Waals surface area contributed by atoms with Crippen LogP contribution in [0, 0.1) is 23.2 Å². The number of piperazine rings is 1. The summed E-state index contributed by atoms with van der Waals surface area (Å²) in [5.74, 6) is 3.33. The molecule has 5 heteroatoms. The van der Waals surface area contributed by atoms with Crippen molar-refractivity contribution >= 4 is 11.6 Å². The quantitative estimate of drug-likeness (QED) is 0.709. The number of aromatic hydroxyl groups is 1. The van der Waals surface area contributed by atoms with Crippen LogP contribution in [0.4, 0.5) is 5.69 Å². The first-order chi connectivity index (χ1) is 14.0. The SMILES string of the molecule is C[C@H](NC(=O)C[NH+]1CCN(c2ccc(O)cc2)CC1)C12CC3CC(CC(C3)C1)C2. The number of quaternary nitrogens is 1. The summed E-state index contributed by atoms with van der Waals surface area (Å²) < 4.78 is 0. The minimum absolute atomic E-state index is 0.237. The number of nitrogens with one attached hydrogen (secondary N) is 2. The van der Waals surface area contributed by atoms with Crippen LogP contribution in [0.2, 0.25) is 0 Å². The molecule has 1 atom stereocenters. The Balaban J connectivity index is 1.12. The topological polar surface area (TPSA) is 57.0 Å². The number of hydrogen-bond donors (Lipinski definition) is 3. The number of rotatable bonds is 5. The molecule has 4 bridgehead atoms. The maximum absolute atomic E-state index is 12.8. The van der Waals surface area contributed by atoms with E-state index < -0.39 is 0 Å². The Kier molecular flexibility index (Phi) is 4.97. The van der Waals surface area contributed by atoms with Gasteiger partial charge in [0.25, 0.3) is 5.91 Å². The second kappa shape index (κ2) is 7.50. The van der Waals surface area contributed by atoms with Gasteiger partial charge in [0.1, 0.15) is 5.75 Å². The zero-order valence-corrected chi connectivity index (χ0v) is 17.7. The van der Waals surface area contributed by atoms with Crippen LogP contribution in [-0.4, -0.2) is 49.8 Å². The van der Waals surface area contributed by atoms with E-state index in [1.54, 1.807) is 12.1 Å². The third-order valence-electron chi connectivity index (χ3n) is 8.48. The lowest BCUT2D eigenvalue weighted by atomic mass is 9.48. The zero-order chi connectivity index (χ0) is 20.0. The van der Waals surface area contributed by atoms with Crippen molar-refractivity contribution in [1.29, 1.82) is 0 Å². The van der Waals surface area contributed by atoms with Gasteiger partial charge >= 0.3 is 0 Å². The first-order valence-corrected chi connectivity index (χ1v) is 11.7. The number of amides is 1. The third-order valence-corrected chi connectivity index (χ3v) is 8.48. The van der Waals surface area contributed by atoms with Crippen LogP contribution in [0.1, 0.15) is 45.4 Å². The van der Waals surface area contributed by atoms with Crippen molar-refractivity contribution in [2.75, 3.05) is 37.6 Å². The summed E-state index contributed by atoms with van der Waals surface area (Å²) in [5, 5.41) is 12.9. The Labute approximate surface area is 174 Å². The van der Waals surface area contributed by atoms with Gasteiger partial charge in [-0.25, -0.2) is 0 Å². The average Bonchev–Trinajstić information content (AvgIpc) is 2.68. The van der Waals surface area contributed by atoms with Gasteiger partial charge in [-0.15, -0.1) is 0 Å². The lowest BCUT2D eigenvalue weighted by Crippen LogP contribution is -3.16. The number of anilines is 1. The Morgan fingerprint density at radius 3 is 2.21 bits per heavy atom. The largest absolute Gasteiger partial charge is 0.508 e. The smallest absolute Gasteiger partial charge is 0.275 e. The van der Waals surface area contributed by atoms with Crippen LogP contribution in [0.5, 0.6) is 5.75 Å². The highest BCUT2D eigenvalue weighted by Gasteiger charge is 2.53. The zero-order valence-electron chi connectivity index (χ0n) is 17.7. The highest BCUT2D eigenvalue weighted by atomic mass is 16.3. The fraction of sp³-hybridized carbons (Fsp3) is 0.708. The van der Waals surface area contributed by atoms with E-state index in [9.17, 15) is 9.90 Å². The molecule has 0 aromatic heterocycles. The molecule has 1 heterocycles. The minimum Gasteiger partial charge on any atom is -0.508 e. The molecule has 3 N–H and O–H groups in total. The Morgan fingerprint density at radius 1 is 1.10 bits per heavy atom. The standard InChI is InChI=1S/C24H35N3O2/c1-17(24-13-18-10-19(14-24)12-20(11-18)15-24)25-23(29)16-26-6-8-27(9-7-26)21-2-4-22(28)5-3-21/h2-5,17-20,28H,6-16H2,1H3,(H,25,29)/p+1/t17-,18?,19?,20?,24?/m0/s1. The summed E-state index contributed by atoms with van der Waals surface area (Å²) in [6.07, 6.45) is 8.40.